The molecule has 0 spiro atoms. The van der Waals surface area contributed by atoms with Crippen LogP contribution in [0.3, 0.4) is 0 Å². The Bertz CT molecular complexity index is 370. The van der Waals surface area contributed by atoms with E-state index in [1.165, 1.54) is 0 Å². The molecule has 5 atom stereocenters. The van der Waals surface area contributed by atoms with Gasteiger partial charge in [0.15, 0.2) is 6.29 Å². The molecule has 0 bridgehead atoms. The molecule has 9 heteroatoms. The third-order valence-electron chi connectivity index (χ3n) is 2.82. The average Bonchev–Trinajstić information content (AvgIpc) is 2.30. The van der Waals surface area contributed by atoms with Crippen molar-refractivity contribution >= 4 is 10.1 Å². The highest BCUT2D eigenvalue weighted by atomic mass is 32.2. The number of unbranched alkanes of at least 4 members (excludes halogenated alkanes) is 1. The lowest BCUT2D eigenvalue weighted by atomic mass is 10.00. The average molecular weight is 299 g/mol. The molecule has 1 saturated heterocycles. The van der Waals surface area contributed by atoms with Crippen molar-refractivity contribution in [2.24, 2.45) is 0 Å². The molecule has 1 unspecified atom stereocenters. The third-order valence-corrected chi connectivity index (χ3v) is 3.55. The molecule has 1 rings (SSSR count). The van der Waals surface area contributed by atoms with Gasteiger partial charge < -0.3 is 29.3 Å². The number of hydrogen-bond acceptors (Lipinski definition) is 8. The van der Waals surface area contributed by atoms with E-state index in [2.05, 4.69) is 0 Å². The van der Waals surface area contributed by atoms with Gasteiger partial charge in [0.25, 0.3) is 0 Å². The highest BCUT2D eigenvalue weighted by molar-refractivity contribution is 7.85. The minimum atomic E-state index is -4.63. The maximum absolute atomic E-state index is 10.7. The van der Waals surface area contributed by atoms with E-state index in [0.29, 0.717) is 6.42 Å². The van der Waals surface area contributed by atoms with Crippen molar-refractivity contribution in [2.75, 3.05) is 12.4 Å². The summed E-state index contributed by atoms with van der Waals surface area (Å²) in [6.45, 7) is 2.17. The zero-order chi connectivity index (χ0) is 14.6. The molecule has 0 saturated carbocycles. The first-order chi connectivity index (χ1) is 8.76. The van der Waals surface area contributed by atoms with E-state index in [1.54, 1.807) is 0 Å². The summed E-state index contributed by atoms with van der Waals surface area (Å²) in [6.07, 6.45) is -5.96. The molecule has 1 aliphatic rings. The molecule has 0 aromatic heterocycles. The summed E-state index contributed by atoms with van der Waals surface area (Å²) in [6, 6.07) is 0. The van der Waals surface area contributed by atoms with Crippen LogP contribution in [-0.4, -0.2) is 71.4 Å². The fourth-order valence-corrected chi connectivity index (χ4v) is 2.42. The van der Waals surface area contributed by atoms with Crippen LogP contribution in [0.5, 0.6) is 0 Å². The zero-order valence-electron chi connectivity index (χ0n) is 10.5. The van der Waals surface area contributed by atoms with Crippen LogP contribution in [0.15, 0.2) is 0 Å². The van der Waals surface area contributed by atoms with Crippen LogP contribution in [0.1, 0.15) is 19.8 Å². The fraction of sp³-hybridized carbons (Fsp3) is 1.00. The van der Waals surface area contributed by atoms with Crippen LogP contribution in [-0.2, 0) is 19.6 Å². The summed E-state index contributed by atoms with van der Waals surface area (Å²) >= 11 is 0. The summed E-state index contributed by atoms with van der Waals surface area (Å²) < 4.78 is 42.2. The Hall–Kier alpha value is -0.290. The molecule has 0 amide bonds. The van der Waals surface area contributed by atoms with Crippen molar-refractivity contribution in [1.82, 2.24) is 0 Å². The fourth-order valence-electron chi connectivity index (χ4n) is 1.74. The summed E-state index contributed by atoms with van der Waals surface area (Å²) in [7, 11) is -4.63. The molecule has 0 aliphatic carbocycles. The van der Waals surface area contributed by atoms with Gasteiger partial charge in [-0.3, -0.25) is 0 Å². The van der Waals surface area contributed by atoms with Gasteiger partial charge in [-0.05, 0) is 6.42 Å². The molecular weight excluding hydrogens is 280 g/mol. The van der Waals surface area contributed by atoms with Crippen LogP contribution >= 0.6 is 0 Å². The van der Waals surface area contributed by atoms with Crippen LogP contribution in [0.25, 0.3) is 0 Å². The smallest absolute Gasteiger partial charge is 0.186 e. The van der Waals surface area contributed by atoms with Gasteiger partial charge in [-0.1, -0.05) is 13.3 Å². The maximum Gasteiger partial charge on any atom is 0.186 e. The lowest BCUT2D eigenvalue weighted by molar-refractivity contribution is -0.292. The standard InChI is InChI=1S/C10H20O8S/c1-2-3-4-17-10-9(13)8(12)7(11)6(18-10)5-19(14,15)16/h6-13H,2-5H2,1H3,(H,14,15,16)/p-1/t6-,7-,8+,9-,10?/m1/s1. The maximum atomic E-state index is 10.7. The monoisotopic (exact) mass is 299 g/mol. The molecule has 0 radical (unpaired) electrons. The molecule has 114 valence electrons. The SMILES string of the molecule is CCCCOC1O[C@H](CS(=O)(=O)[O-])[C@@H](O)[C@H](O)[C@H]1O. The molecule has 3 N–H and O–H groups in total. The molecule has 0 aromatic rings. The predicted octanol–water partition coefficient (Wildman–Crippen LogP) is -1.84. The van der Waals surface area contributed by atoms with E-state index in [0.717, 1.165) is 6.42 Å². The number of aliphatic hydroxyl groups is 3. The predicted molar refractivity (Wildman–Crippen MR) is 62.1 cm³/mol. The van der Waals surface area contributed by atoms with Gasteiger partial charge in [-0.2, -0.15) is 0 Å². The molecule has 1 heterocycles. The minimum Gasteiger partial charge on any atom is -0.748 e. The zero-order valence-corrected chi connectivity index (χ0v) is 11.3. The van der Waals surface area contributed by atoms with Gasteiger partial charge >= 0.3 is 0 Å². The molecule has 0 aromatic carbocycles. The van der Waals surface area contributed by atoms with Crippen LogP contribution in [0.4, 0.5) is 0 Å². The van der Waals surface area contributed by atoms with Crippen molar-refractivity contribution in [1.29, 1.82) is 0 Å². The first kappa shape index (κ1) is 16.8. The Balaban J connectivity index is 2.68. The van der Waals surface area contributed by atoms with E-state index >= 15 is 0 Å². The Labute approximate surface area is 111 Å². The highest BCUT2D eigenvalue weighted by Crippen LogP contribution is 2.23. The lowest BCUT2D eigenvalue weighted by Crippen LogP contribution is -2.59. The number of hydrogen-bond donors (Lipinski definition) is 3. The van der Waals surface area contributed by atoms with E-state index < -0.39 is 46.6 Å². The Morgan fingerprint density at radius 2 is 1.84 bits per heavy atom. The Kier molecular flexibility index (Phi) is 6.12. The lowest BCUT2D eigenvalue weighted by Gasteiger charge is -2.40. The summed E-state index contributed by atoms with van der Waals surface area (Å²) in [4.78, 5) is 0. The van der Waals surface area contributed by atoms with Crippen molar-refractivity contribution in [3.8, 4) is 0 Å². The first-order valence-corrected chi connectivity index (χ1v) is 7.59. The van der Waals surface area contributed by atoms with E-state index in [4.69, 9.17) is 9.47 Å². The summed E-state index contributed by atoms with van der Waals surface area (Å²) in [5.74, 6) is -0.994. The minimum absolute atomic E-state index is 0.248. The third kappa shape index (κ3) is 4.95. The number of ether oxygens (including phenoxy) is 2. The Morgan fingerprint density at radius 1 is 1.21 bits per heavy atom. The summed E-state index contributed by atoms with van der Waals surface area (Å²) in [5.41, 5.74) is 0. The second-order valence-electron chi connectivity index (χ2n) is 4.46. The molecule has 8 nitrogen and oxygen atoms in total. The normalized spacial score (nSPS) is 36.4. The van der Waals surface area contributed by atoms with Gasteiger partial charge in [0, 0.05) is 6.61 Å². The number of aliphatic hydroxyl groups excluding tert-OH is 3. The highest BCUT2D eigenvalue weighted by Gasteiger charge is 2.44. The number of rotatable bonds is 6. The van der Waals surface area contributed by atoms with Gasteiger partial charge in [-0.25, -0.2) is 8.42 Å². The van der Waals surface area contributed by atoms with Crippen molar-refractivity contribution < 1.29 is 37.8 Å². The van der Waals surface area contributed by atoms with Gasteiger partial charge in [0.05, 0.1) is 15.9 Å². The van der Waals surface area contributed by atoms with Crippen molar-refractivity contribution in [3.63, 3.8) is 0 Å². The van der Waals surface area contributed by atoms with Crippen molar-refractivity contribution in [2.45, 2.75) is 50.5 Å². The quantitative estimate of drug-likeness (QED) is 0.384. The van der Waals surface area contributed by atoms with Gasteiger partial charge in [0.2, 0.25) is 0 Å². The van der Waals surface area contributed by atoms with Crippen LogP contribution in [0, 0.1) is 0 Å². The van der Waals surface area contributed by atoms with Crippen LogP contribution in [0.2, 0.25) is 0 Å². The molecule has 19 heavy (non-hydrogen) atoms. The van der Waals surface area contributed by atoms with Gasteiger partial charge in [0.1, 0.15) is 24.4 Å². The van der Waals surface area contributed by atoms with Crippen molar-refractivity contribution in [3.05, 3.63) is 0 Å². The second-order valence-corrected chi connectivity index (χ2v) is 5.91. The van der Waals surface area contributed by atoms with E-state index in [9.17, 15) is 28.3 Å². The molecule has 1 aliphatic heterocycles. The largest absolute Gasteiger partial charge is 0.748 e. The topological polar surface area (TPSA) is 136 Å². The second kappa shape index (κ2) is 6.93. The Morgan fingerprint density at radius 3 is 2.37 bits per heavy atom. The molecule has 1 fully saturated rings. The first-order valence-electron chi connectivity index (χ1n) is 6.01. The van der Waals surface area contributed by atoms with E-state index in [-0.39, 0.29) is 6.61 Å². The molecular formula is C10H19O8S-. The van der Waals surface area contributed by atoms with E-state index in [1.807, 2.05) is 6.92 Å². The van der Waals surface area contributed by atoms with Crippen LogP contribution < -0.4 is 0 Å². The van der Waals surface area contributed by atoms with Gasteiger partial charge in [-0.15, -0.1) is 0 Å². The summed E-state index contributed by atoms with van der Waals surface area (Å²) in [5, 5.41) is 28.8.